The summed E-state index contributed by atoms with van der Waals surface area (Å²) in [5.41, 5.74) is 1.68. The Morgan fingerprint density at radius 1 is 1.22 bits per heavy atom. The summed E-state index contributed by atoms with van der Waals surface area (Å²) in [6.07, 6.45) is 1.57. The normalized spacial score (nSPS) is 15.2. The van der Waals surface area contributed by atoms with Crippen molar-refractivity contribution in [3.05, 3.63) is 39.9 Å². The van der Waals surface area contributed by atoms with Crippen LogP contribution in [0, 0.1) is 12.8 Å². The predicted molar refractivity (Wildman–Crippen MR) is 109 cm³/mol. The molecule has 3 rings (SSSR count). The zero-order valence-electron chi connectivity index (χ0n) is 15.8. The minimum absolute atomic E-state index is 0.0160. The number of nitrogens with one attached hydrogen (secondary N) is 1. The maximum atomic E-state index is 12.7. The number of carbonyl (C=O) groups excluding carboxylic acids is 2. The lowest BCUT2D eigenvalue weighted by atomic mass is 10.0. The highest BCUT2D eigenvalue weighted by atomic mass is 35.5. The van der Waals surface area contributed by atoms with E-state index in [2.05, 4.69) is 10.3 Å². The van der Waals surface area contributed by atoms with Crippen LogP contribution < -0.4 is 5.32 Å². The van der Waals surface area contributed by atoms with Gasteiger partial charge >= 0.3 is 0 Å². The molecule has 2 heterocycles. The van der Waals surface area contributed by atoms with Gasteiger partial charge in [-0.2, -0.15) is 0 Å². The van der Waals surface area contributed by atoms with E-state index >= 15 is 0 Å². The van der Waals surface area contributed by atoms with Crippen molar-refractivity contribution < 1.29 is 9.59 Å². The number of hydrogen-bond donors (Lipinski definition) is 1. The number of halogens is 1. The minimum Gasteiger partial charge on any atom is -0.348 e. The lowest BCUT2D eigenvalue weighted by Gasteiger charge is -2.33. The molecular weight excluding hydrogens is 382 g/mol. The minimum atomic E-state index is -0.0844. The van der Waals surface area contributed by atoms with Crippen molar-refractivity contribution >= 4 is 34.8 Å². The fourth-order valence-electron chi connectivity index (χ4n) is 3.18. The van der Waals surface area contributed by atoms with Gasteiger partial charge in [0.1, 0.15) is 9.88 Å². The molecule has 0 saturated carbocycles. The van der Waals surface area contributed by atoms with Crippen molar-refractivity contribution in [2.75, 3.05) is 13.1 Å². The Morgan fingerprint density at radius 3 is 2.44 bits per heavy atom. The van der Waals surface area contributed by atoms with E-state index in [0.29, 0.717) is 23.0 Å². The van der Waals surface area contributed by atoms with E-state index < -0.39 is 0 Å². The summed E-state index contributed by atoms with van der Waals surface area (Å²) in [6.45, 7) is 7.08. The van der Waals surface area contributed by atoms with Gasteiger partial charge in [-0.25, -0.2) is 4.98 Å². The second-order valence-electron chi connectivity index (χ2n) is 7.17. The van der Waals surface area contributed by atoms with Crippen LogP contribution >= 0.6 is 22.9 Å². The van der Waals surface area contributed by atoms with E-state index in [4.69, 9.17) is 11.6 Å². The van der Waals surface area contributed by atoms with Gasteiger partial charge in [0.2, 0.25) is 5.91 Å². The summed E-state index contributed by atoms with van der Waals surface area (Å²) in [5, 5.41) is 4.60. The molecule has 7 heteroatoms. The molecule has 0 atom stereocenters. The number of piperidine rings is 1. The highest BCUT2D eigenvalue weighted by Gasteiger charge is 2.26. The lowest BCUT2D eigenvalue weighted by molar-refractivity contribution is -0.135. The third-order valence-corrected chi connectivity index (χ3v) is 6.19. The van der Waals surface area contributed by atoms with E-state index in [1.807, 2.05) is 49.9 Å². The second kappa shape index (κ2) is 8.40. The molecule has 0 radical (unpaired) electrons. The van der Waals surface area contributed by atoms with Crippen LogP contribution in [0.1, 0.15) is 42.1 Å². The average Bonchev–Trinajstić information content (AvgIpc) is 3.04. The van der Waals surface area contributed by atoms with Crippen LogP contribution in [0.3, 0.4) is 0 Å². The van der Waals surface area contributed by atoms with Crippen molar-refractivity contribution in [3.8, 4) is 10.6 Å². The van der Waals surface area contributed by atoms with Crippen LogP contribution in [0.5, 0.6) is 0 Å². The summed E-state index contributed by atoms with van der Waals surface area (Å²) >= 11 is 7.33. The zero-order chi connectivity index (χ0) is 19.6. The van der Waals surface area contributed by atoms with Crippen molar-refractivity contribution in [1.29, 1.82) is 0 Å². The van der Waals surface area contributed by atoms with Crippen LogP contribution in [-0.2, 0) is 4.79 Å². The van der Waals surface area contributed by atoms with E-state index in [1.165, 1.54) is 11.3 Å². The van der Waals surface area contributed by atoms with E-state index in [9.17, 15) is 9.59 Å². The molecule has 0 aliphatic carbocycles. The van der Waals surface area contributed by atoms with E-state index in [0.717, 1.165) is 29.1 Å². The molecule has 1 aliphatic rings. The maximum Gasteiger partial charge on any atom is 0.263 e. The molecule has 0 bridgehead atoms. The predicted octanol–water partition coefficient (Wildman–Crippen LogP) is 4.15. The van der Waals surface area contributed by atoms with Crippen molar-refractivity contribution in [2.24, 2.45) is 5.92 Å². The number of amides is 2. The second-order valence-corrected chi connectivity index (χ2v) is 8.60. The van der Waals surface area contributed by atoms with Crippen LogP contribution in [-0.4, -0.2) is 40.8 Å². The number of likely N-dealkylation sites (tertiary alicyclic amines) is 1. The largest absolute Gasteiger partial charge is 0.348 e. The van der Waals surface area contributed by atoms with Gasteiger partial charge < -0.3 is 10.2 Å². The molecule has 1 saturated heterocycles. The number of aromatic nitrogens is 1. The Kier molecular flexibility index (Phi) is 6.17. The van der Waals surface area contributed by atoms with Gasteiger partial charge in [-0.15, -0.1) is 11.3 Å². The van der Waals surface area contributed by atoms with E-state index in [1.54, 1.807) is 0 Å². The first-order valence-corrected chi connectivity index (χ1v) is 10.4. The third-order valence-electron chi connectivity index (χ3n) is 4.73. The molecule has 1 fully saturated rings. The van der Waals surface area contributed by atoms with E-state index in [-0.39, 0.29) is 23.8 Å². The molecule has 0 spiro atoms. The van der Waals surface area contributed by atoms with Gasteiger partial charge in [-0.05, 0) is 31.9 Å². The average molecular weight is 406 g/mol. The molecule has 5 nitrogen and oxygen atoms in total. The fourth-order valence-corrected chi connectivity index (χ4v) is 4.28. The maximum absolute atomic E-state index is 12.7. The zero-order valence-corrected chi connectivity index (χ0v) is 17.4. The Bertz CT molecular complexity index is 824. The number of hydrogen-bond acceptors (Lipinski definition) is 4. The Labute approximate surface area is 168 Å². The number of nitrogens with zero attached hydrogens (tertiary/aromatic N) is 2. The Hall–Kier alpha value is -1.92. The molecule has 0 unspecified atom stereocenters. The van der Waals surface area contributed by atoms with Gasteiger partial charge in [0, 0.05) is 35.6 Å². The molecule has 2 aromatic rings. The van der Waals surface area contributed by atoms with Crippen molar-refractivity contribution in [2.45, 2.75) is 39.7 Å². The standard InChI is InChI=1S/C20H24ClN3O2S/c1-12(2)20(26)24-10-8-16(9-11-24)23-18(25)17-13(3)22-19(27-17)14-4-6-15(21)7-5-14/h4-7,12,16H,8-11H2,1-3H3,(H,23,25). The van der Waals surface area contributed by atoms with Crippen LogP contribution in [0.15, 0.2) is 24.3 Å². The van der Waals surface area contributed by atoms with Gasteiger partial charge in [0.15, 0.2) is 0 Å². The summed E-state index contributed by atoms with van der Waals surface area (Å²) in [4.78, 5) is 31.9. The summed E-state index contributed by atoms with van der Waals surface area (Å²) in [7, 11) is 0. The lowest BCUT2D eigenvalue weighted by Crippen LogP contribution is -2.47. The third kappa shape index (κ3) is 4.68. The summed E-state index contributed by atoms with van der Waals surface area (Å²) in [6, 6.07) is 7.54. The highest BCUT2D eigenvalue weighted by molar-refractivity contribution is 7.17. The SMILES string of the molecule is Cc1nc(-c2ccc(Cl)cc2)sc1C(=O)NC1CCN(C(=O)C(C)C)CC1. The summed E-state index contributed by atoms with van der Waals surface area (Å²) < 4.78 is 0. The van der Waals surface area contributed by atoms with Crippen molar-refractivity contribution in [3.63, 3.8) is 0 Å². The Morgan fingerprint density at radius 2 is 1.85 bits per heavy atom. The van der Waals surface area contributed by atoms with Gasteiger partial charge in [-0.1, -0.05) is 37.6 Å². The highest BCUT2D eigenvalue weighted by Crippen LogP contribution is 2.29. The number of rotatable bonds is 4. The fraction of sp³-hybridized carbons (Fsp3) is 0.450. The molecule has 1 N–H and O–H groups in total. The van der Waals surface area contributed by atoms with Gasteiger partial charge in [-0.3, -0.25) is 9.59 Å². The number of aryl methyl sites for hydroxylation is 1. The quantitative estimate of drug-likeness (QED) is 0.831. The van der Waals surface area contributed by atoms with Crippen LogP contribution in [0.25, 0.3) is 10.6 Å². The first-order chi connectivity index (χ1) is 12.8. The molecule has 144 valence electrons. The first-order valence-electron chi connectivity index (χ1n) is 9.18. The monoisotopic (exact) mass is 405 g/mol. The van der Waals surface area contributed by atoms with Gasteiger partial charge in [0.05, 0.1) is 5.69 Å². The molecule has 2 amide bonds. The first kappa shape index (κ1) is 19.8. The van der Waals surface area contributed by atoms with Crippen molar-refractivity contribution in [1.82, 2.24) is 15.2 Å². The smallest absolute Gasteiger partial charge is 0.263 e. The van der Waals surface area contributed by atoms with Crippen LogP contribution in [0.2, 0.25) is 5.02 Å². The molecular formula is C20H24ClN3O2S. The van der Waals surface area contributed by atoms with Gasteiger partial charge in [0.25, 0.3) is 5.91 Å². The number of thiazole rings is 1. The van der Waals surface area contributed by atoms with Crippen LogP contribution in [0.4, 0.5) is 0 Å². The number of benzene rings is 1. The molecule has 1 aromatic heterocycles. The molecule has 1 aliphatic heterocycles. The topological polar surface area (TPSA) is 62.3 Å². The molecule has 27 heavy (non-hydrogen) atoms. The summed E-state index contributed by atoms with van der Waals surface area (Å²) in [5.74, 6) is 0.117. The molecule has 1 aromatic carbocycles. The Balaban J connectivity index is 1.62. The number of carbonyl (C=O) groups is 2.